The van der Waals surface area contributed by atoms with Gasteiger partial charge >= 0.3 is 11.9 Å². The summed E-state index contributed by atoms with van der Waals surface area (Å²) in [5.74, 6) is -1.79. The molecule has 0 aliphatic carbocycles. The minimum absolute atomic E-state index is 0.0533. The molecule has 1 rings (SSSR count). The molecule has 1 saturated heterocycles. The first-order chi connectivity index (χ1) is 8.65. The summed E-state index contributed by atoms with van der Waals surface area (Å²) in [6.45, 7) is 4.14. The molecule has 18 heavy (non-hydrogen) atoms. The number of hydrogen-bond donors (Lipinski definition) is 1. The molecule has 0 radical (unpaired) electrons. The first-order valence-electron chi connectivity index (χ1n) is 5.95. The zero-order chi connectivity index (χ0) is 13.4. The zero-order valence-electron chi connectivity index (χ0n) is 10.4. The maximum Gasteiger partial charge on any atom is 0.396 e. The number of esters is 1. The molecule has 1 heterocycles. The second-order valence-corrected chi connectivity index (χ2v) is 3.72. The number of amides is 2. The average molecular weight is 258 g/mol. The second kappa shape index (κ2) is 7.65. The number of nitrogens with zero attached hydrogens (tertiary/aromatic N) is 1. The van der Waals surface area contributed by atoms with Gasteiger partial charge in [-0.25, -0.2) is 4.79 Å². The molecule has 0 saturated carbocycles. The van der Waals surface area contributed by atoms with E-state index in [9.17, 15) is 14.4 Å². The Morgan fingerprint density at radius 3 is 2.56 bits per heavy atom. The highest BCUT2D eigenvalue weighted by atomic mass is 16.5. The maximum atomic E-state index is 11.7. The van der Waals surface area contributed by atoms with Gasteiger partial charge in [-0.2, -0.15) is 0 Å². The fourth-order valence-electron chi connectivity index (χ4n) is 1.52. The van der Waals surface area contributed by atoms with Gasteiger partial charge < -0.3 is 19.7 Å². The molecule has 102 valence electrons. The third kappa shape index (κ3) is 4.70. The summed E-state index contributed by atoms with van der Waals surface area (Å²) < 4.78 is 9.64. The lowest BCUT2D eigenvalue weighted by Gasteiger charge is -2.26. The van der Waals surface area contributed by atoms with Crippen molar-refractivity contribution in [2.24, 2.45) is 0 Å². The summed E-state index contributed by atoms with van der Waals surface area (Å²) in [4.78, 5) is 35.5. The van der Waals surface area contributed by atoms with E-state index in [0.717, 1.165) is 0 Å². The van der Waals surface area contributed by atoms with Crippen molar-refractivity contribution >= 4 is 17.8 Å². The van der Waals surface area contributed by atoms with Crippen molar-refractivity contribution in [3.63, 3.8) is 0 Å². The Balaban J connectivity index is 2.18. The number of carbonyl (C=O) groups excluding carboxylic acids is 3. The molecule has 1 aliphatic rings. The van der Waals surface area contributed by atoms with Crippen LogP contribution in [0.2, 0.25) is 0 Å². The van der Waals surface area contributed by atoms with Crippen molar-refractivity contribution in [2.45, 2.75) is 13.3 Å². The number of carbonyl (C=O) groups is 3. The highest BCUT2D eigenvalue weighted by molar-refractivity contribution is 6.32. The van der Waals surface area contributed by atoms with Crippen LogP contribution in [-0.2, 0) is 23.9 Å². The molecule has 1 N–H and O–H groups in total. The summed E-state index contributed by atoms with van der Waals surface area (Å²) in [5.41, 5.74) is 0. The predicted molar refractivity (Wildman–Crippen MR) is 61.7 cm³/mol. The van der Waals surface area contributed by atoms with E-state index in [1.54, 1.807) is 11.8 Å². The number of rotatable bonds is 4. The molecule has 0 atom stereocenters. The van der Waals surface area contributed by atoms with Gasteiger partial charge in [-0.05, 0) is 6.92 Å². The van der Waals surface area contributed by atoms with Gasteiger partial charge in [0.05, 0.1) is 19.8 Å². The third-order valence-corrected chi connectivity index (χ3v) is 2.45. The molecule has 7 nitrogen and oxygen atoms in total. The van der Waals surface area contributed by atoms with Gasteiger partial charge in [0.25, 0.3) is 0 Å². The van der Waals surface area contributed by atoms with E-state index >= 15 is 0 Å². The van der Waals surface area contributed by atoms with E-state index in [0.29, 0.717) is 26.3 Å². The van der Waals surface area contributed by atoms with Gasteiger partial charge in [0.1, 0.15) is 0 Å². The van der Waals surface area contributed by atoms with Crippen LogP contribution in [0.25, 0.3) is 0 Å². The molecule has 1 fully saturated rings. The molecule has 0 aromatic rings. The van der Waals surface area contributed by atoms with Crippen LogP contribution in [0.1, 0.15) is 13.3 Å². The highest BCUT2D eigenvalue weighted by Crippen LogP contribution is 1.99. The largest absolute Gasteiger partial charge is 0.459 e. The van der Waals surface area contributed by atoms with E-state index in [-0.39, 0.29) is 25.5 Å². The molecule has 0 spiro atoms. The van der Waals surface area contributed by atoms with E-state index in [4.69, 9.17) is 4.74 Å². The maximum absolute atomic E-state index is 11.7. The first kappa shape index (κ1) is 14.4. The van der Waals surface area contributed by atoms with Gasteiger partial charge in [-0.3, -0.25) is 9.59 Å². The smallest absolute Gasteiger partial charge is 0.396 e. The molecule has 0 aromatic heterocycles. The Bertz CT molecular complexity index is 313. The van der Waals surface area contributed by atoms with Crippen LogP contribution in [0.15, 0.2) is 0 Å². The van der Waals surface area contributed by atoms with Crippen LogP contribution in [0, 0.1) is 0 Å². The second-order valence-electron chi connectivity index (χ2n) is 3.72. The molecule has 0 aromatic carbocycles. The Morgan fingerprint density at radius 1 is 1.28 bits per heavy atom. The fourth-order valence-corrected chi connectivity index (χ4v) is 1.52. The summed E-state index contributed by atoms with van der Waals surface area (Å²) in [6.07, 6.45) is 0.172. The Morgan fingerprint density at radius 2 is 1.94 bits per heavy atom. The Hall–Kier alpha value is -1.63. The number of hydrogen-bond acceptors (Lipinski definition) is 5. The lowest BCUT2D eigenvalue weighted by molar-refractivity contribution is -0.154. The van der Waals surface area contributed by atoms with Gasteiger partial charge in [0.15, 0.2) is 0 Å². The molecule has 0 bridgehead atoms. The number of morpholine rings is 1. The molecular formula is C11H18N2O5. The van der Waals surface area contributed by atoms with Crippen molar-refractivity contribution in [3.8, 4) is 0 Å². The summed E-state index contributed by atoms with van der Waals surface area (Å²) in [6, 6.07) is 0. The van der Waals surface area contributed by atoms with Crippen LogP contribution in [0.5, 0.6) is 0 Å². The van der Waals surface area contributed by atoms with E-state index in [1.165, 1.54) is 0 Å². The third-order valence-electron chi connectivity index (χ3n) is 2.45. The van der Waals surface area contributed by atoms with E-state index in [2.05, 4.69) is 10.1 Å². The lowest BCUT2D eigenvalue weighted by Crippen LogP contribution is -2.42. The van der Waals surface area contributed by atoms with Crippen LogP contribution in [0.4, 0.5) is 0 Å². The normalized spacial score (nSPS) is 15.1. The molecule has 0 unspecified atom stereocenters. The molecule has 2 amide bonds. The van der Waals surface area contributed by atoms with E-state index < -0.39 is 11.9 Å². The quantitative estimate of drug-likeness (QED) is 0.512. The Kier molecular flexibility index (Phi) is 6.13. The minimum atomic E-state index is -0.920. The molecule has 7 heteroatoms. The highest BCUT2D eigenvalue weighted by Gasteiger charge is 2.18. The van der Waals surface area contributed by atoms with Crippen LogP contribution in [-0.4, -0.2) is 62.1 Å². The summed E-state index contributed by atoms with van der Waals surface area (Å²) >= 11 is 0. The average Bonchev–Trinajstić information content (AvgIpc) is 2.39. The monoisotopic (exact) mass is 258 g/mol. The number of ether oxygens (including phenoxy) is 2. The first-order valence-corrected chi connectivity index (χ1v) is 5.95. The van der Waals surface area contributed by atoms with Gasteiger partial charge in [0, 0.05) is 26.1 Å². The van der Waals surface area contributed by atoms with Crippen molar-refractivity contribution in [1.29, 1.82) is 0 Å². The van der Waals surface area contributed by atoms with Crippen LogP contribution >= 0.6 is 0 Å². The lowest BCUT2D eigenvalue weighted by atomic mass is 10.3. The number of nitrogens with one attached hydrogen (secondary N) is 1. The van der Waals surface area contributed by atoms with Gasteiger partial charge in [-0.1, -0.05) is 0 Å². The van der Waals surface area contributed by atoms with Crippen molar-refractivity contribution in [1.82, 2.24) is 10.2 Å². The van der Waals surface area contributed by atoms with Gasteiger partial charge in [0.2, 0.25) is 5.91 Å². The van der Waals surface area contributed by atoms with Crippen molar-refractivity contribution in [3.05, 3.63) is 0 Å². The molecule has 1 aliphatic heterocycles. The van der Waals surface area contributed by atoms with Gasteiger partial charge in [-0.15, -0.1) is 0 Å². The zero-order valence-corrected chi connectivity index (χ0v) is 10.4. The summed E-state index contributed by atoms with van der Waals surface area (Å²) in [5, 5.41) is 2.35. The van der Waals surface area contributed by atoms with Crippen LogP contribution in [0.3, 0.4) is 0 Å². The van der Waals surface area contributed by atoms with Crippen molar-refractivity contribution < 1.29 is 23.9 Å². The Labute approximate surface area is 105 Å². The SMILES string of the molecule is CCOC(=O)C(=O)NCCC(=O)N1CCOCC1. The minimum Gasteiger partial charge on any atom is -0.459 e. The topological polar surface area (TPSA) is 84.9 Å². The molecular weight excluding hydrogens is 240 g/mol. The van der Waals surface area contributed by atoms with Crippen LogP contribution < -0.4 is 5.32 Å². The van der Waals surface area contributed by atoms with Crippen molar-refractivity contribution in [2.75, 3.05) is 39.5 Å². The summed E-state index contributed by atoms with van der Waals surface area (Å²) in [7, 11) is 0. The standard InChI is InChI=1S/C11H18N2O5/c1-2-18-11(16)10(15)12-4-3-9(14)13-5-7-17-8-6-13/h2-8H2,1H3,(H,12,15). The predicted octanol–water partition coefficient (Wildman–Crippen LogP) is -1.09. The van der Waals surface area contributed by atoms with E-state index in [1.807, 2.05) is 0 Å². The fraction of sp³-hybridized carbons (Fsp3) is 0.727.